The first-order valence-corrected chi connectivity index (χ1v) is 6.33. The highest BCUT2D eigenvalue weighted by Gasteiger charge is 2.32. The number of aryl methyl sites for hydroxylation is 1. The Morgan fingerprint density at radius 3 is 2.59 bits per heavy atom. The molecule has 0 saturated carbocycles. The van der Waals surface area contributed by atoms with Crippen LogP contribution in [0.5, 0.6) is 0 Å². The first-order valence-electron chi connectivity index (χ1n) is 6.33. The Bertz CT molecular complexity index is 563. The summed E-state index contributed by atoms with van der Waals surface area (Å²) in [6.45, 7) is 11.2. The Hall–Kier alpha value is -1.38. The number of hydrogen-bond acceptors (Lipinski definition) is 1. The number of aromatic nitrogens is 1. The van der Waals surface area contributed by atoms with Crippen molar-refractivity contribution in [2.45, 2.75) is 40.7 Å². The van der Waals surface area contributed by atoms with Crippen molar-refractivity contribution in [2.24, 2.45) is 0 Å². The molecule has 0 radical (unpaired) electrons. The molecule has 1 unspecified atom stereocenters. The maximum absolute atomic E-state index is 2.50. The molecule has 1 atom stereocenters. The molecule has 0 bridgehead atoms. The van der Waals surface area contributed by atoms with Gasteiger partial charge in [-0.05, 0) is 63.5 Å². The van der Waals surface area contributed by atoms with E-state index < -0.39 is 0 Å². The van der Waals surface area contributed by atoms with Gasteiger partial charge in [0.25, 0.3) is 0 Å². The second-order valence-corrected chi connectivity index (χ2v) is 5.39. The summed E-state index contributed by atoms with van der Waals surface area (Å²) in [4.78, 5) is 2.50. The summed E-state index contributed by atoms with van der Waals surface area (Å²) in [5, 5.41) is 0. The van der Waals surface area contributed by atoms with Crippen LogP contribution in [0.2, 0.25) is 0 Å². The molecular formula is C14H19BN2. The molecule has 0 aliphatic carbocycles. The maximum Gasteiger partial charge on any atom is 0.361 e. The predicted octanol–water partition coefficient (Wildman–Crippen LogP) is 2.61. The molecule has 1 aromatic heterocycles. The van der Waals surface area contributed by atoms with Crippen molar-refractivity contribution in [3.8, 4) is 0 Å². The SMILES string of the molecule is CC1=C(C)C(C)N2Bn3c(cc(C)c3C)C=C12. The van der Waals surface area contributed by atoms with E-state index in [-0.39, 0.29) is 0 Å². The van der Waals surface area contributed by atoms with E-state index in [0.29, 0.717) is 6.04 Å². The van der Waals surface area contributed by atoms with Crippen LogP contribution in [-0.4, -0.2) is 22.9 Å². The van der Waals surface area contributed by atoms with E-state index in [9.17, 15) is 0 Å². The third kappa shape index (κ3) is 1.28. The van der Waals surface area contributed by atoms with Crippen molar-refractivity contribution in [1.82, 2.24) is 9.29 Å². The normalized spacial score (nSPS) is 22.3. The van der Waals surface area contributed by atoms with Gasteiger partial charge in [0.15, 0.2) is 0 Å². The minimum Gasteiger partial charge on any atom is -0.392 e. The van der Waals surface area contributed by atoms with E-state index in [1.54, 1.807) is 0 Å². The molecule has 0 spiro atoms. The lowest BCUT2D eigenvalue weighted by Crippen LogP contribution is -2.38. The van der Waals surface area contributed by atoms with Crippen LogP contribution in [-0.2, 0) is 0 Å². The Labute approximate surface area is 104 Å². The molecule has 0 saturated heterocycles. The van der Waals surface area contributed by atoms with Crippen LogP contribution in [0.15, 0.2) is 22.9 Å². The molecule has 0 amide bonds. The molecule has 1 aromatic rings. The smallest absolute Gasteiger partial charge is 0.361 e. The summed E-state index contributed by atoms with van der Waals surface area (Å²) in [5.74, 6) is 0. The summed E-state index contributed by atoms with van der Waals surface area (Å²) in [6.07, 6.45) is 2.34. The largest absolute Gasteiger partial charge is 0.392 e. The number of fused-ring (bicyclic) bond motifs is 2. The molecule has 2 aliphatic heterocycles. The van der Waals surface area contributed by atoms with Crippen LogP contribution >= 0.6 is 0 Å². The molecule has 3 heterocycles. The monoisotopic (exact) mass is 226 g/mol. The van der Waals surface area contributed by atoms with Crippen molar-refractivity contribution in [2.75, 3.05) is 0 Å². The van der Waals surface area contributed by atoms with Gasteiger partial charge in [-0.2, -0.15) is 0 Å². The van der Waals surface area contributed by atoms with Gasteiger partial charge in [0.1, 0.15) is 0 Å². The summed E-state index contributed by atoms with van der Waals surface area (Å²) in [6, 6.07) is 2.84. The lowest BCUT2D eigenvalue weighted by Gasteiger charge is -2.31. The quantitative estimate of drug-likeness (QED) is 0.617. The van der Waals surface area contributed by atoms with Gasteiger partial charge in [0.05, 0.1) is 0 Å². The van der Waals surface area contributed by atoms with Crippen LogP contribution in [0.4, 0.5) is 0 Å². The minimum atomic E-state index is 0.538. The molecule has 0 N–H and O–H groups in total. The highest BCUT2D eigenvalue weighted by Crippen LogP contribution is 2.36. The van der Waals surface area contributed by atoms with E-state index in [1.165, 1.54) is 33.8 Å². The number of rotatable bonds is 0. The minimum absolute atomic E-state index is 0.538. The Morgan fingerprint density at radius 1 is 1.18 bits per heavy atom. The Morgan fingerprint density at radius 2 is 1.88 bits per heavy atom. The second-order valence-electron chi connectivity index (χ2n) is 5.39. The van der Waals surface area contributed by atoms with Crippen molar-refractivity contribution in [3.63, 3.8) is 0 Å². The number of hydrogen-bond donors (Lipinski definition) is 0. The topological polar surface area (TPSA) is 8.17 Å². The fourth-order valence-electron chi connectivity index (χ4n) is 2.97. The molecular weight excluding hydrogens is 207 g/mol. The van der Waals surface area contributed by atoms with Crippen LogP contribution < -0.4 is 0 Å². The van der Waals surface area contributed by atoms with E-state index in [4.69, 9.17) is 0 Å². The fraction of sp³-hybridized carbons (Fsp3) is 0.429. The zero-order valence-electron chi connectivity index (χ0n) is 11.3. The van der Waals surface area contributed by atoms with Gasteiger partial charge in [-0.3, -0.25) is 0 Å². The van der Waals surface area contributed by atoms with Crippen molar-refractivity contribution in [3.05, 3.63) is 39.9 Å². The molecule has 3 rings (SSSR count). The lowest BCUT2D eigenvalue weighted by molar-refractivity contribution is 0.498. The average molecular weight is 226 g/mol. The molecule has 0 fully saturated rings. The van der Waals surface area contributed by atoms with Gasteiger partial charge in [-0.1, -0.05) is 0 Å². The number of allylic oxidation sites excluding steroid dienone is 1. The van der Waals surface area contributed by atoms with E-state index in [2.05, 4.69) is 56.1 Å². The molecule has 3 heteroatoms. The number of nitrogens with zero attached hydrogens (tertiary/aromatic N) is 2. The third-order valence-corrected chi connectivity index (χ3v) is 4.61. The van der Waals surface area contributed by atoms with E-state index in [1.807, 2.05) is 0 Å². The first-order chi connectivity index (χ1) is 8.00. The van der Waals surface area contributed by atoms with Crippen LogP contribution in [0, 0.1) is 13.8 Å². The first kappa shape index (κ1) is 10.8. The van der Waals surface area contributed by atoms with Gasteiger partial charge in [-0.25, -0.2) is 0 Å². The highest BCUT2D eigenvalue weighted by atomic mass is 15.2. The molecule has 88 valence electrons. The van der Waals surface area contributed by atoms with Crippen molar-refractivity contribution >= 4 is 13.6 Å². The van der Waals surface area contributed by atoms with E-state index in [0.717, 1.165) is 7.55 Å². The maximum atomic E-state index is 2.50. The lowest BCUT2D eigenvalue weighted by atomic mass is 9.98. The van der Waals surface area contributed by atoms with Gasteiger partial charge in [0.2, 0.25) is 0 Å². The van der Waals surface area contributed by atoms with Gasteiger partial charge >= 0.3 is 7.55 Å². The van der Waals surface area contributed by atoms with Crippen LogP contribution in [0.25, 0.3) is 6.08 Å². The molecule has 2 aliphatic rings. The molecule has 0 aromatic carbocycles. The summed E-state index contributed by atoms with van der Waals surface area (Å²) >= 11 is 0. The Balaban J connectivity index is 2.16. The summed E-state index contributed by atoms with van der Waals surface area (Å²) in [5.41, 5.74) is 8.53. The zero-order valence-corrected chi connectivity index (χ0v) is 11.3. The standard InChI is InChI=1S/C14H19BN2/c1-8-6-13-7-14-10(3)9(2)12(5)17(14)15-16(13)11(8)4/h6-7,12,15H,1-5H3. The van der Waals surface area contributed by atoms with Gasteiger partial charge < -0.3 is 9.29 Å². The van der Waals surface area contributed by atoms with Crippen LogP contribution in [0.1, 0.15) is 37.7 Å². The zero-order chi connectivity index (χ0) is 12.3. The van der Waals surface area contributed by atoms with Crippen molar-refractivity contribution in [1.29, 1.82) is 0 Å². The summed E-state index contributed by atoms with van der Waals surface area (Å²) < 4.78 is 2.42. The van der Waals surface area contributed by atoms with Gasteiger partial charge in [-0.15, -0.1) is 0 Å². The van der Waals surface area contributed by atoms with E-state index >= 15 is 0 Å². The Kier molecular flexibility index (Phi) is 2.10. The molecule has 17 heavy (non-hydrogen) atoms. The molecule has 2 nitrogen and oxygen atoms in total. The predicted molar refractivity (Wildman–Crippen MR) is 74.1 cm³/mol. The second kappa shape index (κ2) is 3.31. The third-order valence-electron chi connectivity index (χ3n) is 4.61. The van der Waals surface area contributed by atoms with Gasteiger partial charge in [0, 0.05) is 23.1 Å². The van der Waals surface area contributed by atoms with Crippen LogP contribution in [0.3, 0.4) is 0 Å². The highest BCUT2D eigenvalue weighted by molar-refractivity contribution is 6.33. The fourth-order valence-corrected chi connectivity index (χ4v) is 2.97. The average Bonchev–Trinajstić information content (AvgIpc) is 2.70. The summed E-state index contributed by atoms with van der Waals surface area (Å²) in [7, 11) is 0.997. The van der Waals surface area contributed by atoms with Crippen molar-refractivity contribution < 1.29 is 0 Å².